The summed E-state index contributed by atoms with van der Waals surface area (Å²) in [6.07, 6.45) is 2.90. The van der Waals surface area contributed by atoms with Crippen molar-refractivity contribution >= 4 is 38.4 Å². The van der Waals surface area contributed by atoms with Crippen LogP contribution in [0.1, 0.15) is 0 Å². The fourth-order valence-corrected chi connectivity index (χ4v) is 4.95. The molecule has 0 saturated carbocycles. The number of nitrogen functional groups attached to an aromatic ring is 2. The molecule has 13 heteroatoms. The summed E-state index contributed by atoms with van der Waals surface area (Å²) >= 11 is 0. The van der Waals surface area contributed by atoms with Crippen LogP contribution in [0.25, 0.3) is 33.4 Å². The number of methoxy groups -OCH3 is 1. The number of hydrogen-bond acceptors (Lipinski definition) is 9. The van der Waals surface area contributed by atoms with Gasteiger partial charge >= 0.3 is 0 Å². The van der Waals surface area contributed by atoms with Crippen molar-refractivity contribution in [3.8, 4) is 28.3 Å². The maximum Gasteiger partial charge on any atom is 0.264 e. The molecule has 0 bridgehead atoms. The molecule has 5 rings (SSSR count). The van der Waals surface area contributed by atoms with Gasteiger partial charge in [0.15, 0.2) is 11.6 Å². The number of sulfonamides is 1. The van der Waals surface area contributed by atoms with E-state index < -0.39 is 26.6 Å². The first kappa shape index (κ1) is 24.8. The van der Waals surface area contributed by atoms with Gasteiger partial charge in [0.05, 0.1) is 18.4 Å². The smallest absolute Gasteiger partial charge is 0.264 e. The third-order valence-corrected chi connectivity index (χ3v) is 7.02. The van der Waals surface area contributed by atoms with Crippen LogP contribution >= 0.6 is 0 Å². The number of rotatable bonds is 6. The predicted octanol–water partition coefficient (Wildman–Crippen LogP) is 4.01. The Balaban J connectivity index is 1.59. The molecular formula is C25H19F2N7O3S. The van der Waals surface area contributed by atoms with Gasteiger partial charge in [0.1, 0.15) is 27.8 Å². The Morgan fingerprint density at radius 1 is 0.921 bits per heavy atom. The lowest BCUT2D eigenvalue weighted by Gasteiger charge is -2.14. The van der Waals surface area contributed by atoms with Crippen molar-refractivity contribution in [3.63, 3.8) is 0 Å². The highest BCUT2D eigenvalue weighted by Gasteiger charge is 2.22. The number of nitrogens with zero attached hydrogens (tertiary/aromatic N) is 4. The van der Waals surface area contributed by atoms with Crippen LogP contribution in [0.5, 0.6) is 5.75 Å². The Kier molecular flexibility index (Phi) is 6.20. The van der Waals surface area contributed by atoms with Gasteiger partial charge in [0.2, 0.25) is 5.95 Å². The lowest BCUT2D eigenvalue weighted by Crippen LogP contribution is -2.15. The minimum atomic E-state index is -4.40. The summed E-state index contributed by atoms with van der Waals surface area (Å²) in [5.74, 6) is -1.18. The van der Waals surface area contributed by atoms with Crippen LogP contribution in [0.3, 0.4) is 0 Å². The third kappa shape index (κ3) is 4.50. The minimum Gasteiger partial charge on any atom is -0.494 e. The number of nitrogens with two attached hydrogens (primary N) is 2. The molecule has 0 fully saturated rings. The van der Waals surface area contributed by atoms with Gasteiger partial charge in [-0.05, 0) is 35.9 Å². The van der Waals surface area contributed by atoms with Crippen LogP contribution in [0.4, 0.5) is 26.2 Å². The van der Waals surface area contributed by atoms with E-state index in [9.17, 15) is 12.8 Å². The molecule has 38 heavy (non-hydrogen) atoms. The van der Waals surface area contributed by atoms with Crippen LogP contribution in [0, 0.1) is 11.6 Å². The molecule has 0 aliphatic rings. The van der Waals surface area contributed by atoms with E-state index >= 15 is 4.39 Å². The molecule has 0 aliphatic heterocycles. The van der Waals surface area contributed by atoms with Gasteiger partial charge in [-0.15, -0.1) is 0 Å². The third-order valence-electron chi connectivity index (χ3n) is 5.63. The number of halogens is 2. The van der Waals surface area contributed by atoms with Crippen molar-refractivity contribution < 1.29 is 21.9 Å². The van der Waals surface area contributed by atoms with Crippen molar-refractivity contribution in [2.45, 2.75) is 4.90 Å². The number of anilines is 3. The summed E-state index contributed by atoms with van der Waals surface area (Å²) in [7, 11) is -2.99. The summed E-state index contributed by atoms with van der Waals surface area (Å²) < 4.78 is 62.8. The first-order valence-electron chi connectivity index (χ1n) is 11.0. The zero-order valence-corrected chi connectivity index (χ0v) is 20.5. The quantitative estimate of drug-likeness (QED) is 0.292. The molecule has 0 aliphatic carbocycles. The van der Waals surface area contributed by atoms with Crippen molar-refractivity contribution in [2.75, 3.05) is 23.3 Å². The molecule has 2 heterocycles. The Morgan fingerprint density at radius 3 is 2.37 bits per heavy atom. The minimum absolute atomic E-state index is 0.0364. The second kappa shape index (κ2) is 9.52. The monoisotopic (exact) mass is 535 g/mol. The van der Waals surface area contributed by atoms with Gasteiger partial charge < -0.3 is 16.2 Å². The normalized spacial score (nSPS) is 11.4. The first-order chi connectivity index (χ1) is 18.2. The molecule has 192 valence electrons. The molecule has 0 saturated heterocycles. The molecule has 0 atom stereocenters. The standard InChI is InChI=1S/C25H19F2N7O3S/c1-37-19-10-13(9-16-22(19)32-24(33-23(16)28)14-11-30-25(29)31-12-14)15-5-4-7-18(21(15)27)34-38(35,36)20-8-3-2-6-17(20)26/h2-12,34H,1H3,(H2,28,32,33)(H2,29,30,31). The Morgan fingerprint density at radius 2 is 1.66 bits per heavy atom. The van der Waals surface area contributed by atoms with Crippen molar-refractivity contribution in [1.29, 1.82) is 0 Å². The number of nitrogens with one attached hydrogen (secondary N) is 1. The molecule has 10 nitrogen and oxygen atoms in total. The molecule has 0 spiro atoms. The van der Waals surface area contributed by atoms with Crippen LogP contribution < -0.4 is 20.9 Å². The maximum absolute atomic E-state index is 15.6. The van der Waals surface area contributed by atoms with Crippen LogP contribution in [-0.4, -0.2) is 35.5 Å². The van der Waals surface area contributed by atoms with E-state index in [1.54, 1.807) is 6.07 Å². The van der Waals surface area contributed by atoms with E-state index in [4.69, 9.17) is 16.2 Å². The number of ether oxygens (including phenoxy) is 1. The molecule has 3 aromatic carbocycles. The van der Waals surface area contributed by atoms with E-state index in [0.29, 0.717) is 22.0 Å². The highest BCUT2D eigenvalue weighted by atomic mass is 32.2. The second-order valence-electron chi connectivity index (χ2n) is 8.04. The van der Waals surface area contributed by atoms with Crippen LogP contribution in [-0.2, 0) is 10.0 Å². The van der Waals surface area contributed by atoms with Gasteiger partial charge in [-0.25, -0.2) is 37.1 Å². The van der Waals surface area contributed by atoms with Gasteiger partial charge in [0.25, 0.3) is 10.0 Å². The van der Waals surface area contributed by atoms with E-state index in [2.05, 4.69) is 24.7 Å². The number of hydrogen-bond donors (Lipinski definition) is 3. The molecule has 0 unspecified atom stereocenters. The molecular weight excluding hydrogens is 516 g/mol. The largest absolute Gasteiger partial charge is 0.494 e. The van der Waals surface area contributed by atoms with Gasteiger partial charge in [0, 0.05) is 23.3 Å². The Bertz CT molecular complexity index is 1800. The summed E-state index contributed by atoms with van der Waals surface area (Å²) in [6, 6.07) is 12.0. The summed E-state index contributed by atoms with van der Waals surface area (Å²) in [5.41, 5.74) is 12.6. The van der Waals surface area contributed by atoms with E-state index in [1.807, 2.05) is 0 Å². The van der Waals surface area contributed by atoms with Gasteiger partial charge in [-0.3, -0.25) is 4.72 Å². The van der Waals surface area contributed by atoms with Crippen molar-refractivity contribution in [2.24, 2.45) is 0 Å². The predicted molar refractivity (Wildman–Crippen MR) is 139 cm³/mol. The fraction of sp³-hybridized carbons (Fsp3) is 0.0400. The zero-order valence-electron chi connectivity index (χ0n) is 19.7. The molecule has 5 N–H and O–H groups in total. The van der Waals surface area contributed by atoms with Crippen LogP contribution in [0.15, 0.2) is 71.9 Å². The highest BCUT2D eigenvalue weighted by molar-refractivity contribution is 7.92. The maximum atomic E-state index is 15.6. The number of fused-ring (bicyclic) bond motifs is 1. The second-order valence-corrected chi connectivity index (χ2v) is 9.69. The number of aromatic nitrogens is 4. The SMILES string of the molecule is COc1cc(-c2cccc(NS(=O)(=O)c3ccccc3F)c2F)cc2c(N)nc(-c3cnc(N)nc3)nc12. The molecule has 2 aromatic heterocycles. The fourth-order valence-electron chi connectivity index (χ4n) is 3.81. The first-order valence-corrected chi connectivity index (χ1v) is 12.5. The Labute approximate surface area is 215 Å². The van der Waals surface area contributed by atoms with Crippen LogP contribution in [0.2, 0.25) is 0 Å². The van der Waals surface area contributed by atoms with Gasteiger partial charge in [-0.2, -0.15) is 0 Å². The van der Waals surface area contributed by atoms with Gasteiger partial charge in [-0.1, -0.05) is 24.3 Å². The van der Waals surface area contributed by atoms with Crippen molar-refractivity contribution in [1.82, 2.24) is 19.9 Å². The van der Waals surface area contributed by atoms with Crippen molar-refractivity contribution in [3.05, 3.63) is 78.6 Å². The zero-order chi connectivity index (χ0) is 27.0. The lowest BCUT2D eigenvalue weighted by molar-refractivity contribution is 0.419. The van der Waals surface area contributed by atoms with E-state index in [-0.39, 0.29) is 34.6 Å². The van der Waals surface area contributed by atoms with E-state index in [0.717, 1.165) is 12.1 Å². The molecule has 5 aromatic rings. The summed E-state index contributed by atoms with van der Waals surface area (Å²) in [4.78, 5) is 16.1. The summed E-state index contributed by atoms with van der Waals surface area (Å²) in [6.45, 7) is 0. The topological polar surface area (TPSA) is 159 Å². The van der Waals surface area contributed by atoms with E-state index in [1.165, 1.54) is 55.9 Å². The average molecular weight is 536 g/mol. The molecule has 0 amide bonds. The average Bonchev–Trinajstić information content (AvgIpc) is 2.90. The Hall–Kier alpha value is -4.91. The molecule has 0 radical (unpaired) electrons. The highest BCUT2D eigenvalue weighted by Crippen LogP contribution is 2.37. The lowest BCUT2D eigenvalue weighted by atomic mass is 10.0. The number of benzene rings is 3. The summed E-state index contributed by atoms with van der Waals surface area (Å²) in [5, 5.41) is 0.371.